The predicted octanol–water partition coefficient (Wildman–Crippen LogP) is 5.30. The van der Waals surface area contributed by atoms with Crippen LogP contribution >= 0.6 is 11.6 Å². The number of nitrogens with one attached hydrogen (secondary N) is 2. The number of carbonyl (C=O) groups excluding carboxylic acids is 2. The number of amides is 2. The zero-order chi connectivity index (χ0) is 22.9. The first-order valence-electron chi connectivity index (χ1n) is 10.4. The van der Waals surface area contributed by atoms with Gasteiger partial charge in [0.2, 0.25) is 5.91 Å². The van der Waals surface area contributed by atoms with Crippen LogP contribution in [0.2, 0.25) is 5.02 Å². The summed E-state index contributed by atoms with van der Waals surface area (Å²) in [5, 5.41) is 6.19. The Labute approximate surface area is 190 Å². The van der Waals surface area contributed by atoms with E-state index in [1.807, 2.05) is 0 Å². The molecule has 0 unspecified atom stereocenters. The van der Waals surface area contributed by atoms with Crippen LogP contribution in [-0.2, 0) is 27.3 Å². The smallest absolute Gasteiger partial charge is 0.411 e. The van der Waals surface area contributed by atoms with Gasteiger partial charge >= 0.3 is 12.7 Å². The second-order valence-corrected chi connectivity index (χ2v) is 8.08. The Morgan fingerprint density at radius 3 is 2.22 bits per heavy atom. The van der Waals surface area contributed by atoms with Crippen LogP contribution in [0.3, 0.4) is 0 Å². The normalized spacial score (nSPS) is 18.2. The topological polar surface area (TPSA) is 76.7 Å². The van der Waals surface area contributed by atoms with Crippen molar-refractivity contribution in [3.05, 3.63) is 64.7 Å². The highest BCUT2D eigenvalue weighted by Crippen LogP contribution is 2.23. The summed E-state index contributed by atoms with van der Waals surface area (Å²) in [6.07, 6.45) is 1.40. The van der Waals surface area contributed by atoms with Gasteiger partial charge in [0.05, 0.1) is 12.5 Å². The summed E-state index contributed by atoms with van der Waals surface area (Å²) in [4.78, 5) is 24.2. The molecule has 0 heterocycles. The Morgan fingerprint density at radius 1 is 0.969 bits per heavy atom. The summed E-state index contributed by atoms with van der Waals surface area (Å²) in [7, 11) is 0. The number of ether oxygens (including phenoxy) is 2. The van der Waals surface area contributed by atoms with E-state index in [2.05, 4.69) is 15.4 Å². The summed E-state index contributed by atoms with van der Waals surface area (Å²) >= 11 is 5.82. The molecule has 6 nitrogen and oxygen atoms in total. The van der Waals surface area contributed by atoms with Gasteiger partial charge in [-0.15, -0.1) is 0 Å². The van der Waals surface area contributed by atoms with E-state index in [0.717, 1.165) is 11.1 Å². The van der Waals surface area contributed by atoms with E-state index in [0.29, 0.717) is 36.4 Å². The van der Waals surface area contributed by atoms with Crippen molar-refractivity contribution in [2.75, 3.05) is 5.32 Å². The van der Waals surface area contributed by atoms with Gasteiger partial charge in [-0.05, 0) is 61.1 Å². The first-order valence-corrected chi connectivity index (χ1v) is 10.8. The number of benzene rings is 2. The lowest BCUT2D eigenvalue weighted by atomic mass is 9.93. The van der Waals surface area contributed by atoms with Gasteiger partial charge in [0.1, 0.15) is 6.61 Å². The number of alkyl halides is 2. The average molecular weight is 467 g/mol. The number of hydrogen-bond donors (Lipinski definition) is 2. The maximum Gasteiger partial charge on any atom is 0.411 e. The van der Waals surface area contributed by atoms with Gasteiger partial charge in [-0.25, -0.2) is 4.79 Å². The van der Waals surface area contributed by atoms with Crippen LogP contribution in [0, 0.1) is 0 Å². The summed E-state index contributed by atoms with van der Waals surface area (Å²) in [6, 6.07) is 13.9. The molecule has 2 aromatic carbocycles. The molecule has 2 aromatic rings. The number of halogens is 3. The van der Waals surface area contributed by atoms with Crippen molar-refractivity contribution in [2.24, 2.45) is 0 Å². The predicted molar refractivity (Wildman–Crippen MR) is 117 cm³/mol. The summed E-state index contributed by atoms with van der Waals surface area (Å²) in [5.41, 5.74) is 2.16. The number of anilines is 1. The molecule has 0 spiro atoms. The molecule has 1 aliphatic carbocycles. The first-order chi connectivity index (χ1) is 15.4. The minimum atomic E-state index is -2.76. The Morgan fingerprint density at radius 2 is 1.59 bits per heavy atom. The van der Waals surface area contributed by atoms with Crippen molar-refractivity contribution in [3.63, 3.8) is 0 Å². The lowest BCUT2D eigenvalue weighted by Crippen LogP contribution is -2.40. The van der Waals surface area contributed by atoms with Gasteiger partial charge in [-0.2, -0.15) is 8.78 Å². The largest absolute Gasteiger partial charge is 0.444 e. The van der Waals surface area contributed by atoms with E-state index in [1.165, 1.54) is 0 Å². The Kier molecular flexibility index (Phi) is 8.81. The van der Waals surface area contributed by atoms with E-state index in [1.54, 1.807) is 48.5 Å². The minimum Gasteiger partial charge on any atom is -0.444 e. The molecule has 32 heavy (non-hydrogen) atoms. The van der Waals surface area contributed by atoms with Crippen LogP contribution in [0.15, 0.2) is 48.5 Å². The van der Waals surface area contributed by atoms with E-state index in [9.17, 15) is 18.4 Å². The van der Waals surface area contributed by atoms with Gasteiger partial charge < -0.3 is 14.8 Å². The zero-order valence-electron chi connectivity index (χ0n) is 17.4. The molecule has 2 N–H and O–H groups in total. The molecule has 2 amide bonds. The third kappa shape index (κ3) is 8.09. The van der Waals surface area contributed by atoms with Gasteiger partial charge in [-0.1, -0.05) is 35.9 Å². The van der Waals surface area contributed by atoms with Crippen molar-refractivity contribution in [2.45, 2.75) is 57.5 Å². The molecule has 1 aliphatic rings. The quantitative estimate of drug-likeness (QED) is 0.553. The molecule has 1 fully saturated rings. The summed E-state index contributed by atoms with van der Waals surface area (Å²) < 4.78 is 34.2. The van der Waals surface area contributed by atoms with Crippen LogP contribution in [-0.4, -0.2) is 30.8 Å². The zero-order valence-corrected chi connectivity index (χ0v) is 18.1. The highest BCUT2D eigenvalue weighted by Gasteiger charge is 2.25. The highest BCUT2D eigenvalue weighted by atomic mass is 35.5. The molecule has 0 bridgehead atoms. The maximum atomic E-state index is 12.3. The third-order valence-corrected chi connectivity index (χ3v) is 5.43. The van der Waals surface area contributed by atoms with E-state index in [4.69, 9.17) is 16.3 Å². The maximum absolute atomic E-state index is 12.3. The molecule has 0 saturated heterocycles. The van der Waals surface area contributed by atoms with Crippen LogP contribution in [0.5, 0.6) is 0 Å². The van der Waals surface area contributed by atoms with Crippen LogP contribution in [0.4, 0.5) is 19.3 Å². The lowest BCUT2D eigenvalue weighted by Gasteiger charge is -2.28. The molecule has 3 rings (SSSR count). The lowest BCUT2D eigenvalue weighted by molar-refractivity contribution is -0.170. The van der Waals surface area contributed by atoms with Crippen LogP contribution in [0.1, 0.15) is 36.8 Å². The minimum absolute atomic E-state index is 0.0311. The standard InChI is InChI=1S/C23H25ClF2N2O4/c24-17-5-1-16(2-6-17)14-31-23(30)28-19-7-3-15(4-8-19)13-21(29)27-18-9-11-20(12-10-18)32-22(25)26/h1-8,18,20,22H,9-14H2,(H,27,29)(H,28,30). The van der Waals surface area contributed by atoms with E-state index < -0.39 is 18.8 Å². The summed E-state index contributed by atoms with van der Waals surface area (Å²) in [5.74, 6) is -0.133. The van der Waals surface area contributed by atoms with Crippen LogP contribution in [0.25, 0.3) is 0 Å². The third-order valence-electron chi connectivity index (χ3n) is 5.18. The van der Waals surface area contributed by atoms with Gasteiger partial charge in [-0.3, -0.25) is 10.1 Å². The fourth-order valence-electron chi connectivity index (χ4n) is 3.54. The number of rotatable bonds is 8. The molecule has 0 aromatic heterocycles. The molecule has 0 atom stereocenters. The monoisotopic (exact) mass is 466 g/mol. The second-order valence-electron chi connectivity index (χ2n) is 7.64. The Balaban J connectivity index is 1.38. The molecule has 9 heteroatoms. The van der Waals surface area contributed by atoms with Crippen molar-refractivity contribution in [3.8, 4) is 0 Å². The molecular formula is C23H25ClF2N2O4. The molecule has 1 saturated carbocycles. The molecule has 172 valence electrons. The van der Waals surface area contributed by atoms with E-state index >= 15 is 0 Å². The molecule has 0 aliphatic heterocycles. The SMILES string of the molecule is O=C(Cc1ccc(NC(=O)OCc2ccc(Cl)cc2)cc1)NC1CCC(OC(F)F)CC1. The average Bonchev–Trinajstić information content (AvgIpc) is 2.76. The molecular weight excluding hydrogens is 442 g/mol. The van der Waals surface area contributed by atoms with E-state index in [-0.39, 0.29) is 25.0 Å². The second kappa shape index (κ2) is 11.8. The Bertz CT molecular complexity index is 886. The van der Waals surface area contributed by atoms with Gasteiger partial charge in [0.25, 0.3) is 0 Å². The number of hydrogen-bond acceptors (Lipinski definition) is 4. The number of carbonyl (C=O) groups is 2. The fourth-order valence-corrected chi connectivity index (χ4v) is 3.67. The van der Waals surface area contributed by atoms with Crippen molar-refractivity contribution in [1.82, 2.24) is 5.32 Å². The van der Waals surface area contributed by atoms with Crippen molar-refractivity contribution < 1.29 is 27.8 Å². The summed E-state index contributed by atoms with van der Waals surface area (Å²) in [6.45, 7) is -2.63. The van der Waals surface area contributed by atoms with Gasteiger partial charge in [0, 0.05) is 16.8 Å². The van der Waals surface area contributed by atoms with Crippen molar-refractivity contribution in [1.29, 1.82) is 0 Å². The van der Waals surface area contributed by atoms with Gasteiger partial charge in [0.15, 0.2) is 0 Å². The highest BCUT2D eigenvalue weighted by molar-refractivity contribution is 6.30. The van der Waals surface area contributed by atoms with Crippen molar-refractivity contribution >= 4 is 29.3 Å². The fraction of sp³-hybridized carbons (Fsp3) is 0.391. The van der Waals surface area contributed by atoms with Crippen LogP contribution < -0.4 is 10.6 Å². The molecule has 0 radical (unpaired) electrons. The first kappa shape index (κ1) is 23.9. The Hall–Kier alpha value is -2.71.